The number of aldehydes is 1. The standard InChI is InChI=1S/C6H12O6.C6H14O6.C6H12O5/c7-1-2(8)4(10)6(12)5(11)3(1)9;7-1-3(9)5(11)6(12)4(10)2-8;1-3(8)5(10)6(11)4(9)2-7/h1-12H;3-12H,1-2H2;2-6,8-11H,1H3/t1-,2-,3-,4+,5-,6-;2*3-,4-,5-,6-/m.10/s1. The van der Waals surface area contributed by atoms with Gasteiger partial charge in [0.15, 0.2) is 6.29 Å². The Bertz CT molecular complexity index is 472. The predicted octanol–water partition coefficient (Wildman–Crippen LogP) is -9.77. The molecule has 0 unspecified atom stereocenters. The summed E-state index contributed by atoms with van der Waals surface area (Å²) in [6.07, 6.45) is -22.1. The molecule has 0 aromatic carbocycles. The number of carbonyl (C=O) groups is 1. The van der Waals surface area contributed by atoms with Gasteiger partial charge in [0.2, 0.25) is 0 Å². The third kappa shape index (κ3) is 11.3. The van der Waals surface area contributed by atoms with Crippen molar-refractivity contribution in [2.75, 3.05) is 13.2 Å². The van der Waals surface area contributed by atoms with Crippen LogP contribution in [-0.2, 0) is 4.79 Å². The van der Waals surface area contributed by atoms with Gasteiger partial charge in [0.25, 0.3) is 0 Å². The summed E-state index contributed by atoms with van der Waals surface area (Å²) in [5, 5.41) is 141. The Morgan fingerprint density at radius 3 is 0.971 bits per heavy atom. The van der Waals surface area contributed by atoms with Crippen molar-refractivity contribution >= 4 is 6.29 Å². The second-order valence-corrected chi connectivity index (χ2v) is 7.77. The molecule has 212 valence electrons. The van der Waals surface area contributed by atoms with E-state index in [4.69, 9.17) is 81.7 Å². The Morgan fingerprint density at radius 1 is 0.543 bits per heavy atom. The number of rotatable bonds is 9. The van der Waals surface area contributed by atoms with Crippen molar-refractivity contribution in [3.8, 4) is 0 Å². The molecular weight excluding hydrogens is 488 g/mol. The summed E-state index contributed by atoms with van der Waals surface area (Å²) in [6, 6.07) is 0. The monoisotopic (exact) mass is 526 g/mol. The number of aliphatic hydroxyl groups excluding tert-OH is 16. The highest BCUT2D eigenvalue weighted by molar-refractivity contribution is 5.56. The van der Waals surface area contributed by atoms with Crippen molar-refractivity contribution in [2.45, 2.75) is 92.4 Å². The lowest BCUT2D eigenvalue weighted by Gasteiger charge is -2.39. The topological polar surface area (TPSA) is 341 Å². The maximum Gasteiger partial charge on any atom is 0.151 e. The number of hydrogen-bond donors (Lipinski definition) is 16. The minimum absolute atomic E-state index is 0.0935. The molecule has 0 bridgehead atoms. The molecule has 17 nitrogen and oxygen atoms in total. The van der Waals surface area contributed by atoms with Crippen LogP contribution in [0.4, 0.5) is 0 Å². The average Bonchev–Trinajstić information content (AvgIpc) is 2.86. The Balaban J connectivity index is 0. The lowest BCUT2D eigenvalue weighted by atomic mass is 9.85. The first kappa shape index (κ1) is 36.2. The molecule has 35 heavy (non-hydrogen) atoms. The first-order valence-electron chi connectivity index (χ1n) is 10.2. The van der Waals surface area contributed by atoms with E-state index in [0.717, 1.165) is 0 Å². The number of carbonyl (C=O) groups excluding carboxylic acids is 1. The van der Waals surface area contributed by atoms with Gasteiger partial charge in [-0.2, -0.15) is 0 Å². The fourth-order valence-electron chi connectivity index (χ4n) is 2.45. The van der Waals surface area contributed by atoms with Crippen LogP contribution >= 0.6 is 0 Å². The molecule has 1 saturated carbocycles. The first-order chi connectivity index (χ1) is 16.0. The fourth-order valence-corrected chi connectivity index (χ4v) is 2.45. The molecule has 0 aromatic heterocycles. The summed E-state index contributed by atoms with van der Waals surface area (Å²) in [4.78, 5) is 9.87. The molecule has 16 N–H and O–H groups in total. The van der Waals surface area contributed by atoms with Crippen LogP contribution in [0.2, 0.25) is 0 Å². The number of aliphatic hydroxyl groups is 16. The van der Waals surface area contributed by atoms with Crippen molar-refractivity contribution in [2.24, 2.45) is 0 Å². The minimum Gasteiger partial charge on any atom is -0.394 e. The van der Waals surface area contributed by atoms with E-state index in [1.165, 1.54) is 6.92 Å². The lowest BCUT2D eigenvalue weighted by molar-refractivity contribution is -0.223. The van der Waals surface area contributed by atoms with Gasteiger partial charge in [-0.15, -0.1) is 0 Å². The van der Waals surface area contributed by atoms with Gasteiger partial charge in [0, 0.05) is 0 Å². The molecule has 1 aliphatic carbocycles. The van der Waals surface area contributed by atoms with Gasteiger partial charge >= 0.3 is 0 Å². The molecule has 1 rings (SSSR count). The van der Waals surface area contributed by atoms with Gasteiger partial charge in [0.05, 0.1) is 19.3 Å². The van der Waals surface area contributed by atoms with Gasteiger partial charge in [-0.25, -0.2) is 0 Å². The highest BCUT2D eigenvalue weighted by atomic mass is 16.4. The SMILES string of the molecule is C[C@H](O)[C@H](O)[C@@H](O)[C@@H](O)C=O.OC[C@@H](O)[C@@H](O)[C@H](O)[C@H](O)CO.O[C@H]1[C@H](O)[C@@H](O)[C@H](O)[C@@H](O)[C@H]1O. The van der Waals surface area contributed by atoms with Crippen LogP contribution in [0.5, 0.6) is 0 Å². The van der Waals surface area contributed by atoms with E-state index < -0.39 is 98.7 Å². The van der Waals surface area contributed by atoms with E-state index >= 15 is 0 Å². The van der Waals surface area contributed by atoms with E-state index in [1.54, 1.807) is 0 Å². The summed E-state index contributed by atoms with van der Waals surface area (Å²) in [5.74, 6) is 0. The van der Waals surface area contributed by atoms with Crippen LogP contribution in [0.3, 0.4) is 0 Å². The van der Waals surface area contributed by atoms with E-state index in [-0.39, 0.29) is 6.29 Å². The highest BCUT2D eigenvalue weighted by Crippen LogP contribution is 2.20. The zero-order chi connectivity index (χ0) is 28.2. The third-order valence-electron chi connectivity index (χ3n) is 4.95. The maximum absolute atomic E-state index is 9.87. The van der Waals surface area contributed by atoms with Gasteiger partial charge in [0.1, 0.15) is 79.4 Å². The molecular formula is C18H38O17. The lowest BCUT2D eigenvalue weighted by Crippen LogP contribution is -2.63. The smallest absolute Gasteiger partial charge is 0.151 e. The molecule has 0 aliphatic heterocycles. The molecule has 0 heterocycles. The summed E-state index contributed by atoms with van der Waals surface area (Å²) in [7, 11) is 0. The largest absolute Gasteiger partial charge is 0.394 e. The molecule has 1 aliphatic rings. The van der Waals surface area contributed by atoms with Gasteiger partial charge < -0.3 is 86.5 Å². The zero-order valence-electron chi connectivity index (χ0n) is 18.6. The van der Waals surface area contributed by atoms with Gasteiger partial charge in [-0.3, -0.25) is 0 Å². The van der Waals surface area contributed by atoms with E-state index in [1.807, 2.05) is 0 Å². The molecule has 8 atom stereocenters. The van der Waals surface area contributed by atoms with Crippen LogP contribution in [0.15, 0.2) is 0 Å². The Morgan fingerprint density at radius 2 is 0.800 bits per heavy atom. The fraction of sp³-hybridized carbons (Fsp3) is 0.944. The van der Waals surface area contributed by atoms with Crippen molar-refractivity contribution in [1.82, 2.24) is 0 Å². The number of hydrogen-bond acceptors (Lipinski definition) is 17. The van der Waals surface area contributed by atoms with Crippen molar-refractivity contribution in [1.29, 1.82) is 0 Å². The third-order valence-corrected chi connectivity index (χ3v) is 4.95. The van der Waals surface area contributed by atoms with Crippen molar-refractivity contribution in [3.05, 3.63) is 0 Å². The molecule has 0 spiro atoms. The molecule has 0 saturated heterocycles. The van der Waals surface area contributed by atoms with Crippen LogP contribution in [0.1, 0.15) is 6.92 Å². The average molecular weight is 526 g/mol. The molecule has 0 aromatic rings. The Kier molecular flexibility index (Phi) is 18.1. The molecule has 0 amide bonds. The van der Waals surface area contributed by atoms with Crippen LogP contribution < -0.4 is 0 Å². The highest BCUT2D eigenvalue weighted by Gasteiger charge is 2.47. The first-order valence-corrected chi connectivity index (χ1v) is 10.2. The van der Waals surface area contributed by atoms with E-state index in [0.29, 0.717) is 0 Å². The summed E-state index contributed by atoms with van der Waals surface area (Å²) in [5.41, 5.74) is 0. The molecule has 17 heteroatoms. The zero-order valence-corrected chi connectivity index (χ0v) is 18.6. The second kappa shape index (κ2) is 17.5. The summed E-state index contributed by atoms with van der Waals surface area (Å²) >= 11 is 0. The summed E-state index contributed by atoms with van der Waals surface area (Å²) in [6.45, 7) is -0.210. The Hall–Kier alpha value is -0.970. The van der Waals surface area contributed by atoms with E-state index in [9.17, 15) is 4.79 Å². The van der Waals surface area contributed by atoms with Crippen LogP contribution in [0.25, 0.3) is 0 Å². The van der Waals surface area contributed by atoms with E-state index in [2.05, 4.69) is 0 Å². The predicted molar refractivity (Wildman–Crippen MR) is 110 cm³/mol. The Labute approximate surface area is 199 Å². The minimum atomic E-state index is -1.67. The molecule has 0 radical (unpaired) electrons. The van der Waals surface area contributed by atoms with Crippen molar-refractivity contribution < 1.29 is 86.5 Å². The van der Waals surface area contributed by atoms with Gasteiger partial charge in [-0.05, 0) is 6.92 Å². The van der Waals surface area contributed by atoms with Crippen LogP contribution in [-0.4, -0.2) is 187 Å². The molecule has 1 fully saturated rings. The van der Waals surface area contributed by atoms with Crippen LogP contribution in [0, 0.1) is 0 Å². The second-order valence-electron chi connectivity index (χ2n) is 7.77. The normalized spacial score (nSPS) is 33.3. The maximum atomic E-state index is 9.87. The quantitative estimate of drug-likeness (QED) is 0.124. The van der Waals surface area contributed by atoms with Crippen molar-refractivity contribution in [3.63, 3.8) is 0 Å². The van der Waals surface area contributed by atoms with Gasteiger partial charge in [-0.1, -0.05) is 0 Å². The summed E-state index contributed by atoms with van der Waals surface area (Å²) < 4.78 is 0.